The van der Waals surface area contributed by atoms with E-state index in [9.17, 15) is 4.79 Å². The molecular formula is C31H22O2. The highest BCUT2D eigenvalue weighted by atomic mass is 16.5. The summed E-state index contributed by atoms with van der Waals surface area (Å²) in [5, 5.41) is 4.19. The molecule has 1 unspecified atom stereocenters. The first kappa shape index (κ1) is 19.5. The van der Waals surface area contributed by atoms with Gasteiger partial charge in [-0.25, -0.2) is 4.79 Å². The van der Waals surface area contributed by atoms with Gasteiger partial charge in [0.05, 0.1) is 5.56 Å². The number of benzene rings is 5. The van der Waals surface area contributed by atoms with Crippen molar-refractivity contribution in [3.05, 3.63) is 126 Å². The van der Waals surface area contributed by atoms with Gasteiger partial charge in [-0.2, -0.15) is 0 Å². The summed E-state index contributed by atoms with van der Waals surface area (Å²) in [6.07, 6.45) is -0.466. The molecule has 6 rings (SSSR count). The van der Waals surface area contributed by atoms with Crippen LogP contribution in [-0.4, -0.2) is 5.97 Å². The topological polar surface area (TPSA) is 26.3 Å². The summed E-state index contributed by atoms with van der Waals surface area (Å²) in [4.78, 5) is 13.6. The zero-order valence-corrected chi connectivity index (χ0v) is 18.3. The standard InChI is InChI=1S/C31H22O2/c1-19(2)21-13-7-15-23-22(21)14-8-17-27(23)31(32)33-30-26-12-4-3-11-24(26)25-16-5-9-20-10-6-18-28(30)29(20)25/h3-18,30H,1H2,2H3. The summed E-state index contributed by atoms with van der Waals surface area (Å²) in [7, 11) is 0. The number of hydrogen-bond donors (Lipinski definition) is 0. The van der Waals surface area contributed by atoms with Gasteiger partial charge >= 0.3 is 5.97 Å². The molecule has 0 aromatic heterocycles. The molecule has 0 spiro atoms. The van der Waals surface area contributed by atoms with Crippen molar-refractivity contribution in [1.29, 1.82) is 0 Å². The molecule has 33 heavy (non-hydrogen) atoms. The van der Waals surface area contributed by atoms with E-state index >= 15 is 0 Å². The van der Waals surface area contributed by atoms with Gasteiger partial charge in [0.25, 0.3) is 0 Å². The number of ether oxygens (including phenoxy) is 1. The Bertz CT molecular complexity index is 1590. The largest absolute Gasteiger partial charge is 0.449 e. The van der Waals surface area contributed by atoms with Crippen molar-refractivity contribution >= 4 is 33.1 Å². The molecule has 1 aliphatic rings. The third-order valence-corrected chi connectivity index (χ3v) is 6.58. The number of allylic oxidation sites excluding steroid dienone is 1. The van der Waals surface area contributed by atoms with Crippen LogP contribution < -0.4 is 0 Å². The summed E-state index contributed by atoms with van der Waals surface area (Å²) >= 11 is 0. The molecule has 1 atom stereocenters. The minimum Gasteiger partial charge on any atom is -0.449 e. The Morgan fingerprint density at radius 3 is 2.09 bits per heavy atom. The quantitative estimate of drug-likeness (QED) is 0.274. The SMILES string of the molecule is C=C(C)c1cccc2c(C(=O)OC3c4ccccc4-c4cccc5cccc3c45)cccc12. The van der Waals surface area contributed by atoms with Gasteiger partial charge in [0.1, 0.15) is 0 Å². The molecule has 158 valence electrons. The monoisotopic (exact) mass is 426 g/mol. The lowest BCUT2D eigenvalue weighted by molar-refractivity contribution is 0.0383. The molecule has 0 amide bonds. The molecule has 5 aromatic carbocycles. The van der Waals surface area contributed by atoms with Gasteiger partial charge < -0.3 is 4.74 Å². The highest BCUT2D eigenvalue weighted by Crippen LogP contribution is 2.46. The molecule has 0 bridgehead atoms. The van der Waals surface area contributed by atoms with Crippen LogP contribution in [0.2, 0.25) is 0 Å². The Kier molecular flexibility index (Phi) is 4.41. The van der Waals surface area contributed by atoms with E-state index in [0.29, 0.717) is 5.56 Å². The van der Waals surface area contributed by atoms with E-state index in [-0.39, 0.29) is 5.97 Å². The lowest BCUT2D eigenvalue weighted by atomic mass is 9.82. The number of carbonyl (C=O) groups is 1. The first-order valence-electron chi connectivity index (χ1n) is 11.1. The molecule has 0 fully saturated rings. The Hall–Kier alpha value is -4.17. The Balaban J connectivity index is 1.51. The van der Waals surface area contributed by atoms with E-state index in [4.69, 9.17) is 4.74 Å². The summed E-state index contributed by atoms with van der Waals surface area (Å²) in [5.41, 5.74) is 6.92. The maximum absolute atomic E-state index is 13.6. The van der Waals surface area contributed by atoms with Gasteiger partial charge in [0.15, 0.2) is 6.10 Å². The molecule has 2 nitrogen and oxygen atoms in total. The zero-order valence-electron chi connectivity index (χ0n) is 18.3. The molecule has 1 aliphatic carbocycles. The average molecular weight is 427 g/mol. The zero-order chi connectivity index (χ0) is 22.5. The number of fused-ring (bicyclic) bond motifs is 3. The van der Waals surface area contributed by atoms with Crippen LogP contribution in [0, 0.1) is 0 Å². The van der Waals surface area contributed by atoms with Crippen LogP contribution in [0.5, 0.6) is 0 Å². The first-order valence-corrected chi connectivity index (χ1v) is 11.1. The fourth-order valence-electron chi connectivity index (χ4n) is 5.11. The Labute approximate surface area is 192 Å². The van der Waals surface area contributed by atoms with Gasteiger partial charge in [-0.1, -0.05) is 103 Å². The van der Waals surface area contributed by atoms with Crippen LogP contribution in [0.25, 0.3) is 38.2 Å². The van der Waals surface area contributed by atoms with Crippen molar-refractivity contribution in [3.8, 4) is 11.1 Å². The fourth-order valence-corrected chi connectivity index (χ4v) is 5.11. The predicted octanol–water partition coefficient (Wildman–Crippen LogP) is 7.95. The maximum Gasteiger partial charge on any atom is 0.339 e. The fraction of sp³-hybridized carbons (Fsp3) is 0.0645. The Morgan fingerprint density at radius 1 is 0.697 bits per heavy atom. The number of hydrogen-bond acceptors (Lipinski definition) is 2. The van der Waals surface area contributed by atoms with Gasteiger partial charge in [0, 0.05) is 11.1 Å². The van der Waals surface area contributed by atoms with Crippen molar-refractivity contribution in [2.45, 2.75) is 13.0 Å². The molecule has 2 heteroatoms. The second kappa shape index (κ2) is 7.46. The molecule has 0 radical (unpaired) electrons. The second-order valence-corrected chi connectivity index (χ2v) is 8.61. The smallest absolute Gasteiger partial charge is 0.339 e. The van der Waals surface area contributed by atoms with Gasteiger partial charge in [-0.15, -0.1) is 0 Å². The third kappa shape index (κ3) is 2.99. The number of esters is 1. The van der Waals surface area contributed by atoms with E-state index in [0.717, 1.165) is 49.4 Å². The molecular weight excluding hydrogens is 404 g/mol. The van der Waals surface area contributed by atoms with E-state index in [1.54, 1.807) is 0 Å². The highest BCUT2D eigenvalue weighted by molar-refractivity contribution is 6.08. The second-order valence-electron chi connectivity index (χ2n) is 8.61. The van der Waals surface area contributed by atoms with Gasteiger partial charge in [0.2, 0.25) is 0 Å². The summed E-state index contributed by atoms with van der Waals surface area (Å²) < 4.78 is 6.30. The lowest BCUT2D eigenvalue weighted by Gasteiger charge is -2.28. The molecule has 0 aliphatic heterocycles. The summed E-state index contributed by atoms with van der Waals surface area (Å²) in [6.45, 7) is 6.08. The molecule has 5 aromatic rings. The molecule has 0 N–H and O–H groups in total. The van der Waals surface area contributed by atoms with E-state index < -0.39 is 6.10 Å². The minimum absolute atomic E-state index is 0.323. The minimum atomic E-state index is -0.466. The van der Waals surface area contributed by atoms with Crippen molar-refractivity contribution in [2.24, 2.45) is 0 Å². The van der Waals surface area contributed by atoms with E-state index in [2.05, 4.69) is 49.0 Å². The average Bonchev–Trinajstić information content (AvgIpc) is 2.85. The normalized spacial score (nSPS) is 14.2. The van der Waals surface area contributed by atoms with Crippen LogP contribution in [0.1, 0.15) is 40.1 Å². The molecule has 0 saturated carbocycles. The van der Waals surface area contributed by atoms with Crippen LogP contribution in [0.4, 0.5) is 0 Å². The third-order valence-electron chi connectivity index (χ3n) is 6.58. The maximum atomic E-state index is 13.6. The van der Waals surface area contributed by atoms with Crippen molar-refractivity contribution in [1.82, 2.24) is 0 Å². The number of carbonyl (C=O) groups excluding carboxylic acids is 1. The van der Waals surface area contributed by atoms with Crippen LogP contribution in [0.15, 0.2) is 104 Å². The van der Waals surface area contributed by atoms with E-state index in [1.165, 1.54) is 5.56 Å². The van der Waals surface area contributed by atoms with Gasteiger partial charge in [-0.3, -0.25) is 0 Å². The molecule has 0 saturated heterocycles. The van der Waals surface area contributed by atoms with Crippen LogP contribution >= 0.6 is 0 Å². The summed E-state index contributed by atoms with van der Waals surface area (Å²) in [5.74, 6) is -0.323. The van der Waals surface area contributed by atoms with Crippen molar-refractivity contribution < 1.29 is 9.53 Å². The van der Waals surface area contributed by atoms with Gasteiger partial charge in [-0.05, 0) is 51.2 Å². The van der Waals surface area contributed by atoms with Crippen LogP contribution in [0.3, 0.4) is 0 Å². The predicted molar refractivity (Wildman–Crippen MR) is 135 cm³/mol. The van der Waals surface area contributed by atoms with Crippen molar-refractivity contribution in [3.63, 3.8) is 0 Å². The first-order chi connectivity index (χ1) is 16.1. The van der Waals surface area contributed by atoms with Crippen LogP contribution in [-0.2, 0) is 4.74 Å². The van der Waals surface area contributed by atoms with Crippen molar-refractivity contribution in [2.75, 3.05) is 0 Å². The van der Waals surface area contributed by atoms with E-state index in [1.807, 2.05) is 61.5 Å². The lowest BCUT2D eigenvalue weighted by Crippen LogP contribution is -2.17. The number of rotatable bonds is 3. The highest BCUT2D eigenvalue weighted by Gasteiger charge is 2.30. The molecule has 0 heterocycles. The summed E-state index contributed by atoms with van der Waals surface area (Å²) in [6, 6.07) is 32.5. The Morgan fingerprint density at radius 2 is 1.30 bits per heavy atom.